The second-order valence-corrected chi connectivity index (χ2v) is 20.8. The summed E-state index contributed by atoms with van der Waals surface area (Å²) in [4.78, 5) is 58.6. The standard InChI is InChI=1S/C32H32N2O4.C18H22N2O2.C14H12O3.CH4/c1-21(2)38-31(36)26-18-34(20-32(3,4)28-25-12-8-9-13-27(25)33-29(26)28)30(35)23-14-16-24(17-15-23)37-19-22-10-6-5-7-11-22;1-11(2)22-17(21)13-9-19-10-18(3,4)15-12-7-5-6-8-14(12)20-16(13)15;15-14(16)12-6-8-13(9-7-12)17-10-11-4-2-1-3-5-11;/h5-18,21,33H,19-20H2,1-4H3;5-9,11,19-20H,10H2,1-4H3;1-9H,10H2,(H,15,16);1H4. The van der Waals surface area contributed by atoms with E-state index in [1.165, 1.54) is 17.7 Å². The first-order valence-corrected chi connectivity index (χ1v) is 25.8. The third-order valence-corrected chi connectivity index (χ3v) is 13.0. The van der Waals surface area contributed by atoms with E-state index in [4.69, 9.17) is 24.1 Å². The van der Waals surface area contributed by atoms with Gasteiger partial charge in [0.1, 0.15) is 24.7 Å². The summed E-state index contributed by atoms with van der Waals surface area (Å²) < 4.78 is 22.4. The van der Waals surface area contributed by atoms with Gasteiger partial charge < -0.3 is 44.2 Å². The van der Waals surface area contributed by atoms with Crippen molar-refractivity contribution in [3.8, 4) is 11.5 Å². The van der Waals surface area contributed by atoms with Gasteiger partial charge in [-0.25, -0.2) is 14.4 Å². The highest BCUT2D eigenvalue weighted by molar-refractivity contribution is 6.19. The zero-order valence-electron chi connectivity index (χ0n) is 44.8. The van der Waals surface area contributed by atoms with E-state index in [0.29, 0.717) is 53.7 Å². The van der Waals surface area contributed by atoms with E-state index in [-0.39, 0.29) is 42.5 Å². The van der Waals surface area contributed by atoms with Gasteiger partial charge in [-0.15, -0.1) is 0 Å². The molecule has 0 radical (unpaired) electrons. The first-order chi connectivity index (χ1) is 36.9. The summed E-state index contributed by atoms with van der Waals surface area (Å²) in [5.74, 6) is -0.545. The van der Waals surface area contributed by atoms with Gasteiger partial charge in [0.15, 0.2) is 0 Å². The number of hydrogen-bond donors (Lipinski definition) is 4. The van der Waals surface area contributed by atoms with Crippen molar-refractivity contribution in [2.75, 3.05) is 13.1 Å². The smallest absolute Gasteiger partial charge is 0.342 e. The molecular formula is C65H70N4O9. The number of esters is 2. The van der Waals surface area contributed by atoms with Crippen molar-refractivity contribution in [1.29, 1.82) is 0 Å². The van der Waals surface area contributed by atoms with Gasteiger partial charge in [-0.05, 0) is 111 Å². The predicted octanol–water partition coefficient (Wildman–Crippen LogP) is 13.4. The van der Waals surface area contributed by atoms with Crippen LogP contribution in [0.15, 0.2) is 170 Å². The van der Waals surface area contributed by atoms with Gasteiger partial charge in [0, 0.05) is 63.7 Å². The van der Waals surface area contributed by atoms with E-state index in [2.05, 4.69) is 49.0 Å². The monoisotopic (exact) mass is 1050 g/mol. The zero-order valence-corrected chi connectivity index (χ0v) is 44.8. The molecule has 6 aromatic carbocycles. The second-order valence-electron chi connectivity index (χ2n) is 20.8. The molecule has 0 atom stereocenters. The Bertz CT molecular complexity index is 3420. The molecule has 0 fully saturated rings. The lowest BCUT2D eigenvalue weighted by Crippen LogP contribution is -2.36. The molecule has 8 aromatic rings. The molecule has 404 valence electrons. The molecule has 78 heavy (non-hydrogen) atoms. The maximum absolute atomic E-state index is 13.7. The molecule has 0 unspecified atom stereocenters. The van der Waals surface area contributed by atoms with Crippen LogP contribution < -0.4 is 14.8 Å². The van der Waals surface area contributed by atoms with Crippen molar-refractivity contribution in [3.63, 3.8) is 0 Å². The first-order valence-electron chi connectivity index (χ1n) is 25.8. The molecule has 4 N–H and O–H groups in total. The van der Waals surface area contributed by atoms with Crippen LogP contribution in [0, 0.1) is 0 Å². The molecule has 1 amide bonds. The zero-order chi connectivity index (χ0) is 54.9. The Morgan fingerprint density at radius 3 is 1.45 bits per heavy atom. The van der Waals surface area contributed by atoms with Crippen LogP contribution in [0.5, 0.6) is 11.5 Å². The highest BCUT2D eigenvalue weighted by Crippen LogP contribution is 2.41. The van der Waals surface area contributed by atoms with E-state index in [1.807, 2.05) is 131 Å². The largest absolute Gasteiger partial charge is 0.489 e. The number of carboxylic acid groups (broad SMARTS) is 1. The van der Waals surface area contributed by atoms with E-state index >= 15 is 0 Å². The number of ether oxygens (including phenoxy) is 4. The number of aromatic amines is 2. The number of rotatable bonds is 12. The van der Waals surface area contributed by atoms with E-state index in [9.17, 15) is 19.2 Å². The number of nitrogens with zero attached hydrogens (tertiary/aromatic N) is 1. The minimum Gasteiger partial charge on any atom is -0.489 e. The van der Waals surface area contributed by atoms with E-state index in [0.717, 1.165) is 50.7 Å². The van der Waals surface area contributed by atoms with Gasteiger partial charge >= 0.3 is 17.9 Å². The van der Waals surface area contributed by atoms with Crippen molar-refractivity contribution in [2.24, 2.45) is 0 Å². The van der Waals surface area contributed by atoms with Crippen molar-refractivity contribution in [3.05, 3.63) is 215 Å². The fourth-order valence-electron chi connectivity index (χ4n) is 9.47. The van der Waals surface area contributed by atoms with Crippen LogP contribution in [-0.4, -0.2) is 69.1 Å². The molecule has 13 nitrogen and oxygen atoms in total. The fraction of sp³-hybridized carbons (Fsp3) is 0.262. The van der Waals surface area contributed by atoms with Gasteiger partial charge in [-0.2, -0.15) is 0 Å². The van der Waals surface area contributed by atoms with Crippen molar-refractivity contribution < 1.29 is 43.2 Å². The topological polar surface area (TPSA) is 172 Å². The molecule has 10 rings (SSSR count). The van der Waals surface area contributed by atoms with Crippen LogP contribution in [0.2, 0.25) is 0 Å². The number of nitrogens with one attached hydrogen (secondary N) is 3. The van der Waals surface area contributed by atoms with Crippen LogP contribution >= 0.6 is 0 Å². The third kappa shape index (κ3) is 13.6. The summed E-state index contributed by atoms with van der Waals surface area (Å²) in [5, 5.41) is 14.2. The van der Waals surface area contributed by atoms with E-state index < -0.39 is 17.4 Å². The Kier molecular flexibility index (Phi) is 18.1. The predicted molar refractivity (Wildman–Crippen MR) is 308 cm³/mol. The van der Waals surface area contributed by atoms with E-state index in [1.54, 1.807) is 53.7 Å². The van der Waals surface area contributed by atoms with Crippen LogP contribution in [0.4, 0.5) is 0 Å². The SMILES string of the molecule is C.CC(C)OC(=O)C1=CN(C(=O)c2ccc(OCc3ccccc3)cc2)CC(C)(C)c2c1[nH]c1ccccc21.CC(C)OC(=O)C1=CNCC(C)(C)c2c1[nH]c1ccccc21.O=C(O)c1ccc(OCc2ccccc2)cc1. The van der Waals surface area contributed by atoms with Crippen molar-refractivity contribution >= 4 is 56.8 Å². The Morgan fingerprint density at radius 1 is 0.551 bits per heavy atom. The maximum Gasteiger partial charge on any atom is 0.342 e. The minimum absolute atomic E-state index is 0. The number of H-pyrrole nitrogens is 2. The lowest BCUT2D eigenvalue weighted by Gasteiger charge is -2.29. The number of aromatic nitrogens is 2. The molecule has 13 heteroatoms. The summed E-state index contributed by atoms with van der Waals surface area (Å²) in [6.07, 6.45) is 2.97. The van der Waals surface area contributed by atoms with Gasteiger partial charge in [0.25, 0.3) is 5.91 Å². The van der Waals surface area contributed by atoms with Crippen LogP contribution in [0.25, 0.3) is 33.0 Å². The summed E-state index contributed by atoms with van der Waals surface area (Å²) in [6, 6.07) is 49.4. The average Bonchev–Trinajstić information content (AvgIpc) is 4.14. The van der Waals surface area contributed by atoms with Crippen molar-refractivity contribution in [2.45, 2.75) is 99.1 Å². The number of carbonyl (C=O) groups excluding carboxylic acids is 3. The quantitative estimate of drug-likeness (QED) is 0.0863. The number of carboxylic acids is 1. The molecular weight excluding hydrogens is 981 g/mol. The number of hydrogen-bond acceptors (Lipinski definition) is 9. The maximum atomic E-state index is 13.7. The molecule has 2 aliphatic rings. The Morgan fingerprint density at radius 2 is 0.974 bits per heavy atom. The van der Waals surface area contributed by atoms with Crippen molar-refractivity contribution in [1.82, 2.24) is 20.2 Å². The molecule has 0 saturated heterocycles. The van der Waals surface area contributed by atoms with Crippen LogP contribution in [0.1, 0.15) is 117 Å². The summed E-state index contributed by atoms with van der Waals surface area (Å²) in [5.41, 5.74) is 9.00. The highest BCUT2D eigenvalue weighted by atomic mass is 16.5. The molecule has 0 aliphatic carbocycles. The molecule has 0 saturated carbocycles. The Labute approximate surface area is 456 Å². The first kappa shape index (κ1) is 56.9. The highest BCUT2D eigenvalue weighted by Gasteiger charge is 2.38. The number of benzene rings is 6. The number of fused-ring (bicyclic) bond motifs is 6. The molecule has 4 heterocycles. The minimum atomic E-state index is -0.931. The molecule has 2 aliphatic heterocycles. The summed E-state index contributed by atoms with van der Waals surface area (Å²) in [6.45, 7) is 18.0. The third-order valence-electron chi connectivity index (χ3n) is 13.0. The molecule has 0 bridgehead atoms. The normalized spacial score (nSPS) is 13.9. The summed E-state index contributed by atoms with van der Waals surface area (Å²) in [7, 11) is 0. The van der Waals surface area contributed by atoms with Gasteiger partial charge in [0.05, 0.1) is 40.3 Å². The molecule has 2 aromatic heterocycles. The Hall–Kier alpha value is -8.84. The number of carbonyl (C=O) groups is 4. The van der Waals surface area contributed by atoms with Gasteiger partial charge in [-0.1, -0.05) is 132 Å². The number of para-hydroxylation sites is 2. The van der Waals surface area contributed by atoms with Crippen LogP contribution in [0.3, 0.4) is 0 Å². The number of amides is 1. The number of aromatic carboxylic acids is 1. The second kappa shape index (κ2) is 24.9. The van der Waals surface area contributed by atoms with Crippen LogP contribution in [-0.2, 0) is 43.1 Å². The lowest BCUT2D eigenvalue weighted by molar-refractivity contribution is -0.141. The fourth-order valence-corrected chi connectivity index (χ4v) is 9.47. The molecule has 0 spiro atoms. The lowest BCUT2D eigenvalue weighted by atomic mass is 9.81. The summed E-state index contributed by atoms with van der Waals surface area (Å²) >= 11 is 0. The van der Waals surface area contributed by atoms with Gasteiger partial charge in [0.2, 0.25) is 0 Å². The average molecular weight is 1050 g/mol. The van der Waals surface area contributed by atoms with Gasteiger partial charge in [-0.3, -0.25) is 4.79 Å². The Balaban J connectivity index is 0.000000186.